The topological polar surface area (TPSA) is 36.7 Å². The Kier molecular flexibility index (Phi) is 4.13. The molecular weight excluding hydrogens is 252 g/mol. The van der Waals surface area contributed by atoms with Crippen LogP contribution in [0.15, 0.2) is 41.0 Å². The Bertz CT molecular complexity index is 585. The molecular formula is C16H20N2O2. The molecule has 1 heterocycles. The molecule has 106 valence electrons. The van der Waals surface area contributed by atoms with E-state index in [1.54, 1.807) is 31.2 Å². The molecule has 2 aromatic rings. The van der Waals surface area contributed by atoms with E-state index in [0.29, 0.717) is 17.9 Å². The maximum absolute atomic E-state index is 12.3. The minimum atomic E-state index is -0.0204. The summed E-state index contributed by atoms with van der Waals surface area (Å²) in [5.41, 5.74) is 2.87. The first kappa shape index (κ1) is 14.2. The van der Waals surface area contributed by atoms with Crippen molar-refractivity contribution in [2.75, 3.05) is 26.0 Å². The number of rotatable bonds is 4. The van der Waals surface area contributed by atoms with Gasteiger partial charge in [-0.05, 0) is 30.7 Å². The van der Waals surface area contributed by atoms with E-state index in [0.717, 1.165) is 11.3 Å². The van der Waals surface area contributed by atoms with Crippen molar-refractivity contribution in [1.82, 2.24) is 4.90 Å². The lowest BCUT2D eigenvalue weighted by atomic mass is 10.1. The number of anilines is 1. The fourth-order valence-electron chi connectivity index (χ4n) is 2.06. The molecule has 0 unspecified atom stereocenters. The van der Waals surface area contributed by atoms with Gasteiger partial charge >= 0.3 is 0 Å². The predicted octanol–water partition coefficient (Wildman–Crippen LogP) is 2.93. The fourth-order valence-corrected chi connectivity index (χ4v) is 2.06. The van der Waals surface area contributed by atoms with E-state index in [2.05, 4.69) is 12.1 Å². The number of benzene rings is 1. The molecule has 1 aromatic heterocycles. The third-order valence-corrected chi connectivity index (χ3v) is 3.31. The van der Waals surface area contributed by atoms with Gasteiger partial charge in [0.2, 0.25) is 0 Å². The van der Waals surface area contributed by atoms with Gasteiger partial charge in [-0.3, -0.25) is 4.79 Å². The van der Waals surface area contributed by atoms with Crippen LogP contribution in [0.25, 0.3) is 0 Å². The van der Waals surface area contributed by atoms with Gasteiger partial charge in [0.1, 0.15) is 5.76 Å². The lowest BCUT2D eigenvalue weighted by Gasteiger charge is -2.18. The van der Waals surface area contributed by atoms with Crippen LogP contribution < -0.4 is 4.90 Å². The van der Waals surface area contributed by atoms with Crippen LogP contribution >= 0.6 is 0 Å². The van der Waals surface area contributed by atoms with Gasteiger partial charge in [0.15, 0.2) is 0 Å². The van der Waals surface area contributed by atoms with Crippen LogP contribution in [-0.4, -0.2) is 32.0 Å². The first-order chi connectivity index (χ1) is 9.49. The van der Waals surface area contributed by atoms with Gasteiger partial charge in [0, 0.05) is 33.4 Å². The van der Waals surface area contributed by atoms with E-state index in [1.165, 1.54) is 0 Å². The largest absolute Gasteiger partial charge is 0.469 e. The smallest absolute Gasteiger partial charge is 0.257 e. The van der Waals surface area contributed by atoms with E-state index in [9.17, 15) is 4.79 Å². The summed E-state index contributed by atoms with van der Waals surface area (Å²) in [5, 5.41) is 0. The van der Waals surface area contributed by atoms with Crippen LogP contribution in [0, 0.1) is 6.92 Å². The molecule has 0 saturated heterocycles. The number of hydrogen-bond donors (Lipinski definition) is 0. The highest BCUT2D eigenvalue weighted by atomic mass is 16.3. The van der Waals surface area contributed by atoms with Crippen molar-refractivity contribution in [3.05, 3.63) is 53.5 Å². The Balaban J connectivity index is 2.06. The van der Waals surface area contributed by atoms with Crippen molar-refractivity contribution in [1.29, 1.82) is 0 Å². The van der Waals surface area contributed by atoms with Gasteiger partial charge in [0.05, 0.1) is 11.8 Å². The summed E-state index contributed by atoms with van der Waals surface area (Å²) >= 11 is 0. The van der Waals surface area contributed by atoms with Crippen molar-refractivity contribution in [2.45, 2.75) is 13.5 Å². The van der Waals surface area contributed by atoms with Crippen LogP contribution in [0.5, 0.6) is 0 Å². The highest BCUT2D eigenvalue weighted by molar-refractivity contribution is 5.94. The Morgan fingerprint density at radius 1 is 1.10 bits per heavy atom. The quantitative estimate of drug-likeness (QED) is 0.858. The summed E-state index contributed by atoms with van der Waals surface area (Å²) < 4.78 is 5.18. The van der Waals surface area contributed by atoms with Crippen molar-refractivity contribution in [3.8, 4) is 0 Å². The van der Waals surface area contributed by atoms with Gasteiger partial charge in [-0.2, -0.15) is 0 Å². The van der Waals surface area contributed by atoms with E-state index in [4.69, 9.17) is 4.42 Å². The standard InChI is InChI=1S/C16H20N2O2/c1-12-15(9-10-20-12)16(19)18(4)11-13-5-7-14(8-6-13)17(2)3/h5-10H,11H2,1-4H3. The number of carbonyl (C=O) groups excluding carboxylic acids is 1. The third-order valence-electron chi connectivity index (χ3n) is 3.31. The second-order valence-electron chi connectivity index (χ2n) is 5.11. The zero-order chi connectivity index (χ0) is 14.7. The van der Waals surface area contributed by atoms with Gasteiger partial charge in [-0.1, -0.05) is 12.1 Å². The third kappa shape index (κ3) is 3.02. The molecule has 0 aliphatic carbocycles. The van der Waals surface area contributed by atoms with Gasteiger partial charge in [-0.15, -0.1) is 0 Å². The maximum atomic E-state index is 12.3. The molecule has 0 saturated carbocycles. The summed E-state index contributed by atoms with van der Waals surface area (Å²) in [6.07, 6.45) is 1.54. The maximum Gasteiger partial charge on any atom is 0.257 e. The monoisotopic (exact) mass is 272 g/mol. The highest BCUT2D eigenvalue weighted by Crippen LogP contribution is 2.16. The number of amides is 1. The van der Waals surface area contributed by atoms with E-state index in [-0.39, 0.29) is 5.91 Å². The minimum Gasteiger partial charge on any atom is -0.469 e. The highest BCUT2D eigenvalue weighted by Gasteiger charge is 2.16. The summed E-state index contributed by atoms with van der Waals surface area (Å²) in [7, 11) is 5.81. The average molecular weight is 272 g/mol. The van der Waals surface area contributed by atoms with Crippen molar-refractivity contribution in [2.24, 2.45) is 0 Å². The van der Waals surface area contributed by atoms with Crippen molar-refractivity contribution in [3.63, 3.8) is 0 Å². The SMILES string of the molecule is Cc1occc1C(=O)N(C)Cc1ccc(N(C)C)cc1. The molecule has 0 radical (unpaired) electrons. The number of furan rings is 1. The Hall–Kier alpha value is -2.23. The van der Waals surface area contributed by atoms with E-state index < -0.39 is 0 Å². The van der Waals surface area contributed by atoms with Crippen molar-refractivity contribution >= 4 is 11.6 Å². The van der Waals surface area contributed by atoms with Crippen LogP contribution in [0.2, 0.25) is 0 Å². The Morgan fingerprint density at radius 3 is 2.25 bits per heavy atom. The molecule has 0 aliphatic heterocycles. The zero-order valence-corrected chi connectivity index (χ0v) is 12.4. The molecule has 0 atom stereocenters. The molecule has 1 aromatic carbocycles. The van der Waals surface area contributed by atoms with Crippen LogP contribution in [0.1, 0.15) is 21.7 Å². The lowest BCUT2D eigenvalue weighted by Crippen LogP contribution is -2.26. The molecule has 2 rings (SSSR count). The number of nitrogens with zero attached hydrogens (tertiary/aromatic N) is 2. The summed E-state index contributed by atoms with van der Waals surface area (Å²) in [5.74, 6) is 0.637. The summed E-state index contributed by atoms with van der Waals surface area (Å²) in [6.45, 7) is 2.38. The Morgan fingerprint density at radius 2 is 1.75 bits per heavy atom. The normalized spacial score (nSPS) is 10.4. The van der Waals surface area contributed by atoms with Crippen LogP contribution in [0.3, 0.4) is 0 Å². The molecule has 0 aliphatic rings. The Labute approximate surface area is 119 Å². The second-order valence-corrected chi connectivity index (χ2v) is 5.11. The summed E-state index contributed by atoms with van der Waals surface area (Å²) in [4.78, 5) is 16.0. The van der Waals surface area contributed by atoms with Gasteiger partial charge < -0.3 is 14.2 Å². The van der Waals surface area contributed by atoms with Crippen LogP contribution in [0.4, 0.5) is 5.69 Å². The summed E-state index contributed by atoms with van der Waals surface area (Å²) in [6, 6.07) is 9.90. The van der Waals surface area contributed by atoms with Gasteiger partial charge in [-0.25, -0.2) is 0 Å². The fraction of sp³-hybridized carbons (Fsp3) is 0.312. The average Bonchev–Trinajstić information content (AvgIpc) is 2.84. The first-order valence-corrected chi connectivity index (χ1v) is 6.55. The van der Waals surface area contributed by atoms with Crippen LogP contribution in [-0.2, 0) is 6.54 Å². The molecule has 4 heteroatoms. The van der Waals surface area contributed by atoms with E-state index in [1.807, 2.05) is 31.1 Å². The van der Waals surface area contributed by atoms with Gasteiger partial charge in [0.25, 0.3) is 5.91 Å². The predicted molar refractivity (Wildman–Crippen MR) is 80.0 cm³/mol. The molecule has 0 N–H and O–H groups in total. The molecule has 4 nitrogen and oxygen atoms in total. The first-order valence-electron chi connectivity index (χ1n) is 6.55. The number of hydrogen-bond acceptors (Lipinski definition) is 3. The minimum absolute atomic E-state index is 0.0204. The molecule has 1 amide bonds. The zero-order valence-electron chi connectivity index (χ0n) is 12.4. The number of carbonyl (C=O) groups is 1. The van der Waals surface area contributed by atoms with E-state index >= 15 is 0 Å². The number of aryl methyl sites for hydroxylation is 1. The lowest BCUT2D eigenvalue weighted by molar-refractivity contribution is 0.0783. The molecule has 20 heavy (non-hydrogen) atoms. The molecule has 0 bridgehead atoms. The van der Waals surface area contributed by atoms with Crippen molar-refractivity contribution < 1.29 is 9.21 Å². The second kappa shape index (κ2) is 5.82. The molecule has 0 fully saturated rings. The molecule has 0 spiro atoms.